The second kappa shape index (κ2) is 10.3. The highest BCUT2D eigenvalue weighted by molar-refractivity contribution is 6.53. The van der Waals surface area contributed by atoms with Gasteiger partial charge < -0.3 is 5.32 Å². The molecule has 9 heteroatoms. The van der Waals surface area contributed by atoms with Crippen LogP contribution in [0.25, 0.3) is 0 Å². The number of nitrogens with one attached hydrogen (secondary N) is 1. The lowest BCUT2D eigenvalue weighted by atomic mass is 10.1. The first-order valence-corrected chi connectivity index (χ1v) is 12.1. The molecule has 1 fully saturated rings. The van der Waals surface area contributed by atoms with Crippen LogP contribution in [-0.2, 0) is 4.79 Å². The highest BCUT2D eigenvalue weighted by atomic mass is 35.5. The van der Waals surface area contributed by atoms with E-state index >= 15 is 0 Å². The van der Waals surface area contributed by atoms with Gasteiger partial charge in [-0.05, 0) is 47.5 Å². The van der Waals surface area contributed by atoms with Crippen LogP contribution in [0.5, 0.6) is 0 Å². The molecule has 4 rings (SSSR count). The third-order valence-corrected chi connectivity index (χ3v) is 7.10. The number of alkyl halides is 2. The van der Waals surface area contributed by atoms with Gasteiger partial charge in [-0.15, -0.1) is 23.2 Å². The van der Waals surface area contributed by atoms with E-state index in [1.165, 1.54) is 6.07 Å². The molecule has 1 saturated carbocycles. The third kappa shape index (κ3) is 5.59. The van der Waals surface area contributed by atoms with E-state index in [-0.39, 0.29) is 22.9 Å². The lowest BCUT2D eigenvalue weighted by Crippen LogP contribution is -2.17. The van der Waals surface area contributed by atoms with E-state index in [9.17, 15) is 9.59 Å². The summed E-state index contributed by atoms with van der Waals surface area (Å²) in [6.07, 6.45) is 1.62. The SMILES string of the molecule is O=C(CN=Cc1ccccc1)c1cc(NC(=O)C2C(c3cc(Cl)cc(Cl)c3)C2(Cl)Cl)ccc1Cl. The summed E-state index contributed by atoms with van der Waals surface area (Å²) in [5.74, 6) is -1.88. The number of rotatable bonds is 7. The molecule has 1 aliphatic carbocycles. The Balaban J connectivity index is 1.46. The van der Waals surface area contributed by atoms with E-state index < -0.39 is 22.1 Å². The Morgan fingerprint density at radius 2 is 1.62 bits per heavy atom. The van der Waals surface area contributed by atoms with Crippen molar-refractivity contribution in [1.82, 2.24) is 0 Å². The maximum absolute atomic E-state index is 13.0. The van der Waals surface area contributed by atoms with Gasteiger partial charge in [-0.2, -0.15) is 0 Å². The molecule has 1 amide bonds. The zero-order valence-electron chi connectivity index (χ0n) is 17.4. The van der Waals surface area contributed by atoms with E-state index in [0.717, 1.165) is 5.56 Å². The van der Waals surface area contributed by atoms with Crippen molar-refractivity contribution in [3.05, 3.63) is 98.5 Å². The molecule has 0 saturated heterocycles. The summed E-state index contributed by atoms with van der Waals surface area (Å²) in [6.45, 7) is -0.0846. The van der Waals surface area contributed by atoms with E-state index in [1.54, 1.807) is 36.5 Å². The summed E-state index contributed by atoms with van der Waals surface area (Å²) in [6, 6.07) is 19.0. The van der Waals surface area contributed by atoms with Crippen LogP contribution < -0.4 is 5.32 Å². The second-order valence-electron chi connectivity index (χ2n) is 7.82. The monoisotopic (exact) mass is 552 g/mol. The van der Waals surface area contributed by atoms with E-state index in [4.69, 9.17) is 58.0 Å². The molecule has 1 aliphatic rings. The van der Waals surface area contributed by atoms with Gasteiger partial charge in [0.1, 0.15) is 10.9 Å². The fourth-order valence-corrected chi connectivity index (χ4v) is 5.31. The van der Waals surface area contributed by atoms with Crippen molar-refractivity contribution in [1.29, 1.82) is 0 Å². The molecule has 2 unspecified atom stereocenters. The minimum absolute atomic E-state index is 0.0846. The molecular weight excluding hydrogens is 538 g/mol. The van der Waals surface area contributed by atoms with Gasteiger partial charge in [-0.1, -0.05) is 65.1 Å². The van der Waals surface area contributed by atoms with Crippen LogP contribution in [0.15, 0.2) is 71.7 Å². The van der Waals surface area contributed by atoms with Gasteiger partial charge >= 0.3 is 0 Å². The number of halogens is 5. The highest BCUT2D eigenvalue weighted by Crippen LogP contribution is 2.65. The predicted molar refractivity (Wildman–Crippen MR) is 140 cm³/mol. The standard InChI is InChI=1S/C25H17Cl5N2O2/c26-16-8-15(9-17(27)10-16)22-23(25(22,29)30)24(34)32-18-6-7-20(28)19(11-18)21(33)13-31-12-14-4-2-1-3-5-14/h1-12,22-23H,13H2,(H,32,34). The van der Waals surface area contributed by atoms with Crippen molar-refractivity contribution < 1.29 is 9.59 Å². The Morgan fingerprint density at radius 3 is 2.29 bits per heavy atom. The molecule has 0 spiro atoms. The van der Waals surface area contributed by atoms with Crippen molar-refractivity contribution >= 4 is 81.6 Å². The molecule has 0 radical (unpaired) electrons. The first-order valence-electron chi connectivity index (χ1n) is 10.2. The normalized spacial score (nSPS) is 18.6. The van der Waals surface area contributed by atoms with Crippen LogP contribution in [0.1, 0.15) is 27.4 Å². The van der Waals surface area contributed by atoms with Gasteiger partial charge in [0.15, 0.2) is 5.78 Å². The largest absolute Gasteiger partial charge is 0.326 e. The quantitative estimate of drug-likeness (QED) is 0.187. The highest BCUT2D eigenvalue weighted by Gasteiger charge is 2.67. The van der Waals surface area contributed by atoms with Crippen molar-refractivity contribution in [2.75, 3.05) is 11.9 Å². The van der Waals surface area contributed by atoms with Gasteiger partial charge in [-0.25, -0.2) is 0 Å². The maximum Gasteiger partial charge on any atom is 0.231 e. The lowest BCUT2D eigenvalue weighted by molar-refractivity contribution is -0.117. The summed E-state index contributed by atoms with van der Waals surface area (Å²) in [7, 11) is 0. The van der Waals surface area contributed by atoms with Gasteiger partial charge in [0, 0.05) is 33.4 Å². The third-order valence-electron chi connectivity index (χ3n) is 5.39. The maximum atomic E-state index is 13.0. The summed E-state index contributed by atoms with van der Waals surface area (Å²) in [5, 5.41) is 3.88. The number of benzene rings is 3. The van der Waals surface area contributed by atoms with Crippen LogP contribution in [0.3, 0.4) is 0 Å². The van der Waals surface area contributed by atoms with E-state index in [2.05, 4.69) is 10.3 Å². The zero-order valence-corrected chi connectivity index (χ0v) is 21.2. The van der Waals surface area contributed by atoms with Gasteiger partial charge in [0.2, 0.25) is 5.91 Å². The van der Waals surface area contributed by atoms with Crippen LogP contribution in [0.4, 0.5) is 5.69 Å². The lowest BCUT2D eigenvalue weighted by Gasteiger charge is -2.08. The van der Waals surface area contributed by atoms with Crippen LogP contribution in [0, 0.1) is 5.92 Å². The number of hydrogen-bond acceptors (Lipinski definition) is 3. The van der Waals surface area contributed by atoms with Crippen LogP contribution >= 0.6 is 58.0 Å². The number of amides is 1. The Kier molecular flexibility index (Phi) is 7.56. The van der Waals surface area contributed by atoms with Crippen molar-refractivity contribution in [3.63, 3.8) is 0 Å². The average Bonchev–Trinajstić information content (AvgIpc) is 3.37. The van der Waals surface area contributed by atoms with Gasteiger partial charge in [0.05, 0.1) is 10.9 Å². The van der Waals surface area contributed by atoms with E-state index in [0.29, 0.717) is 21.3 Å². The molecule has 3 aromatic rings. The number of Topliss-reactive ketones (excluding diaryl/α,β-unsaturated/α-hetero) is 1. The van der Waals surface area contributed by atoms with Gasteiger partial charge in [0.25, 0.3) is 0 Å². The average molecular weight is 555 g/mol. The molecule has 0 aliphatic heterocycles. The molecule has 0 heterocycles. The van der Waals surface area contributed by atoms with Crippen LogP contribution in [0.2, 0.25) is 15.1 Å². The molecule has 34 heavy (non-hydrogen) atoms. The minimum atomic E-state index is -1.31. The molecule has 1 N–H and O–H groups in total. The van der Waals surface area contributed by atoms with Gasteiger partial charge in [-0.3, -0.25) is 14.6 Å². The predicted octanol–water partition coefficient (Wildman–Crippen LogP) is 7.47. The summed E-state index contributed by atoms with van der Waals surface area (Å²) in [5.41, 5.74) is 2.20. The molecule has 0 bridgehead atoms. The minimum Gasteiger partial charge on any atom is -0.326 e. The topological polar surface area (TPSA) is 58.5 Å². The smallest absolute Gasteiger partial charge is 0.231 e. The van der Waals surface area contributed by atoms with Crippen LogP contribution in [-0.4, -0.2) is 28.8 Å². The molecule has 174 valence electrons. The number of nitrogens with zero attached hydrogens (tertiary/aromatic N) is 1. The Labute approximate surface area is 221 Å². The Hall–Kier alpha value is -2.08. The molecular formula is C25H17Cl5N2O2. The summed E-state index contributed by atoms with van der Waals surface area (Å²) >= 11 is 31.2. The van der Waals surface area contributed by atoms with E-state index in [1.807, 2.05) is 30.3 Å². The first-order chi connectivity index (χ1) is 16.2. The molecule has 0 aromatic heterocycles. The van der Waals surface area contributed by atoms with Crippen molar-refractivity contribution in [2.45, 2.75) is 10.3 Å². The van der Waals surface area contributed by atoms with Crippen molar-refractivity contribution in [3.8, 4) is 0 Å². The summed E-state index contributed by atoms with van der Waals surface area (Å²) in [4.78, 5) is 29.8. The Morgan fingerprint density at radius 1 is 0.941 bits per heavy atom. The molecule has 3 aromatic carbocycles. The first kappa shape index (κ1) is 25.0. The number of ketones is 1. The second-order valence-corrected chi connectivity index (χ2v) is 10.5. The van der Waals surface area contributed by atoms with Crippen molar-refractivity contribution in [2.24, 2.45) is 10.9 Å². The fourth-order valence-electron chi connectivity index (χ4n) is 3.72. The number of hydrogen-bond donors (Lipinski definition) is 1. The fraction of sp³-hybridized carbons (Fsp3) is 0.160. The number of aliphatic imine (C=N–C) groups is 1. The number of anilines is 1. The molecule has 4 nitrogen and oxygen atoms in total. The number of carbonyl (C=O) groups excluding carboxylic acids is 2. The summed E-state index contributed by atoms with van der Waals surface area (Å²) < 4.78 is -1.31. The number of carbonyl (C=O) groups is 2. The zero-order chi connectivity index (χ0) is 24.5. The Bertz CT molecular complexity index is 1260. The molecule has 2 atom stereocenters.